The molecule has 1 saturated heterocycles. The lowest BCUT2D eigenvalue weighted by Crippen LogP contribution is -2.36. The smallest absolute Gasteiger partial charge is 0.130 e. The highest BCUT2D eigenvalue weighted by Crippen LogP contribution is 2.45. The molecule has 2 aliphatic heterocycles. The maximum Gasteiger partial charge on any atom is 0.130 e. The number of rotatable bonds is 2. The minimum absolute atomic E-state index is 0.312. The number of hydrogen-bond donors (Lipinski definition) is 3. The molecule has 1 fully saturated rings. The fraction of sp³-hybridized carbons (Fsp3) is 0.500. The number of nitrogen functional groups attached to an aromatic ring is 1. The number of pyridine rings is 1. The summed E-state index contributed by atoms with van der Waals surface area (Å²) in [5.74, 6) is 1.59. The maximum atomic E-state index is 9.65. The molecule has 0 saturated carbocycles. The maximum absolute atomic E-state index is 9.65. The van der Waals surface area contributed by atoms with E-state index in [0.29, 0.717) is 36.8 Å². The summed E-state index contributed by atoms with van der Waals surface area (Å²) in [4.78, 5) is 6.67. The van der Waals surface area contributed by atoms with Gasteiger partial charge in [0.25, 0.3) is 0 Å². The molecule has 3 rings (SSSR count). The third-order valence-electron chi connectivity index (χ3n) is 3.90. The highest BCUT2D eigenvalue weighted by atomic mass is 32.3. The van der Waals surface area contributed by atoms with Crippen LogP contribution in [0.3, 0.4) is 0 Å². The van der Waals surface area contributed by atoms with Crippen molar-refractivity contribution in [3.63, 3.8) is 0 Å². The second kappa shape index (κ2) is 5.84. The topological polar surface area (TPSA) is 91.8 Å². The van der Waals surface area contributed by atoms with Crippen LogP contribution >= 0.6 is 10.6 Å². The second-order valence-electron chi connectivity index (χ2n) is 5.38. The van der Waals surface area contributed by atoms with Gasteiger partial charge in [0.05, 0.1) is 19.0 Å². The van der Waals surface area contributed by atoms with Gasteiger partial charge in [0.1, 0.15) is 5.82 Å². The van der Waals surface area contributed by atoms with Crippen molar-refractivity contribution in [3.8, 4) is 0 Å². The number of nitrogens with zero attached hydrogens (tertiary/aromatic N) is 2. The number of hydrogen-bond acceptors (Lipinski definition) is 6. The van der Waals surface area contributed by atoms with Crippen molar-refractivity contribution in [1.82, 2.24) is 4.98 Å². The molecule has 0 spiro atoms. The van der Waals surface area contributed by atoms with Crippen LogP contribution in [0.15, 0.2) is 18.3 Å². The lowest BCUT2D eigenvalue weighted by molar-refractivity contribution is 0.122. The summed E-state index contributed by atoms with van der Waals surface area (Å²) in [5, 5.41) is 0. The first-order chi connectivity index (χ1) is 10.1. The molecule has 6 nitrogen and oxygen atoms in total. The van der Waals surface area contributed by atoms with Crippen LogP contribution in [0, 0.1) is 0 Å². The fourth-order valence-corrected chi connectivity index (χ4v) is 3.81. The van der Waals surface area contributed by atoms with E-state index in [1.807, 2.05) is 12.1 Å². The van der Waals surface area contributed by atoms with Crippen molar-refractivity contribution >= 4 is 27.7 Å². The predicted molar refractivity (Wildman–Crippen MR) is 86.9 cm³/mol. The van der Waals surface area contributed by atoms with Crippen LogP contribution in [-0.4, -0.2) is 51.9 Å². The summed E-state index contributed by atoms with van der Waals surface area (Å²) in [6.45, 7) is 3.09. The Morgan fingerprint density at radius 3 is 2.67 bits per heavy atom. The first kappa shape index (κ1) is 14.6. The van der Waals surface area contributed by atoms with Gasteiger partial charge >= 0.3 is 0 Å². The molecule has 4 N–H and O–H groups in total. The molecule has 0 aliphatic carbocycles. The monoisotopic (exact) mass is 311 g/mol. The number of morpholine rings is 1. The van der Waals surface area contributed by atoms with Gasteiger partial charge in [-0.2, -0.15) is 10.6 Å². The molecule has 21 heavy (non-hydrogen) atoms. The summed E-state index contributed by atoms with van der Waals surface area (Å²) in [5.41, 5.74) is 8.82. The van der Waals surface area contributed by atoms with Gasteiger partial charge in [-0.25, -0.2) is 4.98 Å². The average molecular weight is 311 g/mol. The third-order valence-corrected chi connectivity index (χ3v) is 5.46. The van der Waals surface area contributed by atoms with Crippen molar-refractivity contribution in [2.45, 2.75) is 6.42 Å². The summed E-state index contributed by atoms with van der Waals surface area (Å²) in [6.07, 6.45) is 4.30. The van der Waals surface area contributed by atoms with E-state index in [-0.39, 0.29) is 0 Å². The minimum atomic E-state index is -2.42. The van der Waals surface area contributed by atoms with Gasteiger partial charge < -0.3 is 15.4 Å². The van der Waals surface area contributed by atoms with Crippen LogP contribution in [-0.2, 0) is 4.74 Å². The Hall–Kier alpha value is -1.28. The number of nitrogens with two attached hydrogens (primary N) is 1. The van der Waals surface area contributed by atoms with Crippen LogP contribution in [0.25, 0.3) is 5.57 Å². The standard InChI is InChI=1S/C14H21N3O3S/c15-13-9-14(17-3-5-20-6-4-17)16-10-12(13)11-1-7-21(18,19)8-2-11/h1,9-10,18-19H,2-8H2,(H2,15,16). The molecule has 0 atom stereocenters. The lowest BCUT2D eigenvalue weighted by atomic mass is 10.0. The Labute approximate surface area is 126 Å². The van der Waals surface area contributed by atoms with Crippen LogP contribution in [0.4, 0.5) is 11.5 Å². The van der Waals surface area contributed by atoms with E-state index in [2.05, 4.69) is 9.88 Å². The average Bonchev–Trinajstić information content (AvgIpc) is 2.49. The molecule has 1 aromatic rings. The Balaban J connectivity index is 1.80. The zero-order valence-corrected chi connectivity index (χ0v) is 12.7. The molecule has 116 valence electrons. The summed E-state index contributed by atoms with van der Waals surface area (Å²) >= 11 is 0. The normalized spacial score (nSPS) is 23.5. The van der Waals surface area contributed by atoms with Crippen molar-refractivity contribution in [2.75, 3.05) is 48.4 Å². The Kier molecular flexibility index (Phi) is 4.08. The molecular formula is C14H21N3O3S. The number of allylic oxidation sites excluding steroid dienone is 1. The van der Waals surface area contributed by atoms with Crippen molar-refractivity contribution in [1.29, 1.82) is 0 Å². The summed E-state index contributed by atoms with van der Waals surface area (Å²) in [7, 11) is -2.42. The van der Waals surface area contributed by atoms with E-state index >= 15 is 0 Å². The number of aromatic nitrogens is 1. The van der Waals surface area contributed by atoms with Gasteiger partial charge in [0, 0.05) is 42.4 Å². The zero-order chi connectivity index (χ0) is 14.9. The molecule has 7 heteroatoms. The van der Waals surface area contributed by atoms with E-state index in [1.54, 1.807) is 6.20 Å². The van der Waals surface area contributed by atoms with Gasteiger partial charge in [-0.05, 0) is 12.0 Å². The SMILES string of the molecule is Nc1cc(N2CCOCC2)ncc1C1=CCS(O)(O)CC1. The van der Waals surface area contributed by atoms with E-state index in [9.17, 15) is 9.11 Å². The van der Waals surface area contributed by atoms with Gasteiger partial charge in [-0.1, -0.05) is 6.08 Å². The van der Waals surface area contributed by atoms with Crippen LogP contribution in [0.1, 0.15) is 12.0 Å². The van der Waals surface area contributed by atoms with Crippen molar-refractivity contribution in [2.24, 2.45) is 0 Å². The van der Waals surface area contributed by atoms with Gasteiger partial charge in [0.15, 0.2) is 0 Å². The van der Waals surface area contributed by atoms with E-state index in [4.69, 9.17) is 10.5 Å². The second-order valence-corrected chi connectivity index (χ2v) is 7.73. The van der Waals surface area contributed by atoms with E-state index in [1.165, 1.54) is 0 Å². The molecule has 0 amide bonds. The van der Waals surface area contributed by atoms with Gasteiger partial charge in [-0.3, -0.25) is 9.11 Å². The predicted octanol–water partition coefficient (Wildman–Crippen LogP) is 2.04. The van der Waals surface area contributed by atoms with E-state index < -0.39 is 10.6 Å². The first-order valence-corrected chi connectivity index (χ1v) is 8.95. The highest BCUT2D eigenvalue weighted by molar-refractivity contribution is 8.24. The lowest BCUT2D eigenvalue weighted by Gasteiger charge is -2.35. The van der Waals surface area contributed by atoms with Crippen molar-refractivity contribution in [3.05, 3.63) is 23.9 Å². The zero-order valence-electron chi connectivity index (χ0n) is 11.9. The first-order valence-electron chi connectivity index (χ1n) is 7.06. The minimum Gasteiger partial charge on any atom is -0.398 e. The number of anilines is 2. The molecule has 0 unspecified atom stereocenters. The fourth-order valence-electron chi connectivity index (χ4n) is 2.63. The van der Waals surface area contributed by atoms with E-state index in [0.717, 1.165) is 30.0 Å². The van der Waals surface area contributed by atoms with Crippen molar-refractivity contribution < 1.29 is 13.8 Å². The quantitative estimate of drug-likeness (QED) is 0.774. The highest BCUT2D eigenvalue weighted by Gasteiger charge is 2.20. The molecule has 1 aromatic heterocycles. The van der Waals surface area contributed by atoms with Gasteiger partial charge in [0.2, 0.25) is 0 Å². The molecule has 0 aromatic carbocycles. The molecular weight excluding hydrogens is 290 g/mol. The largest absolute Gasteiger partial charge is 0.398 e. The van der Waals surface area contributed by atoms with Gasteiger partial charge in [-0.15, -0.1) is 0 Å². The Morgan fingerprint density at radius 1 is 1.29 bits per heavy atom. The molecule has 0 radical (unpaired) electrons. The molecule has 0 bridgehead atoms. The third kappa shape index (κ3) is 3.32. The summed E-state index contributed by atoms with van der Waals surface area (Å²) in [6, 6.07) is 1.90. The Morgan fingerprint density at radius 2 is 2.05 bits per heavy atom. The molecule has 3 heterocycles. The Bertz CT molecular complexity index is 556. The van der Waals surface area contributed by atoms with Crippen LogP contribution in [0.2, 0.25) is 0 Å². The summed E-state index contributed by atoms with van der Waals surface area (Å²) < 4.78 is 24.6. The number of ether oxygens (including phenoxy) is 1. The van der Waals surface area contributed by atoms with Crippen LogP contribution < -0.4 is 10.6 Å². The molecule has 2 aliphatic rings. The van der Waals surface area contributed by atoms with Crippen LogP contribution in [0.5, 0.6) is 0 Å².